The van der Waals surface area contributed by atoms with Crippen molar-refractivity contribution >= 4 is 28.4 Å². The molecule has 0 saturated heterocycles. The first-order valence-electron chi connectivity index (χ1n) is 9.03. The Morgan fingerprint density at radius 1 is 1.15 bits per heavy atom. The van der Waals surface area contributed by atoms with Crippen molar-refractivity contribution in [3.05, 3.63) is 65.1 Å². The summed E-state index contributed by atoms with van der Waals surface area (Å²) in [6.07, 6.45) is 3.22. The molecule has 0 bridgehead atoms. The van der Waals surface area contributed by atoms with E-state index in [-0.39, 0.29) is 5.82 Å². The number of likely N-dealkylation sites (N-methyl/N-ethyl adjacent to an activating group) is 1. The Morgan fingerprint density at radius 2 is 1.92 bits per heavy atom. The number of allylic oxidation sites excluding steroid dienone is 1. The summed E-state index contributed by atoms with van der Waals surface area (Å²) in [6.45, 7) is 4.11. The average molecular weight is 349 g/mol. The van der Waals surface area contributed by atoms with Crippen molar-refractivity contribution in [1.29, 1.82) is 0 Å². The molecule has 3 aromatic rings. The monoisotopic (exact) mass is 349 g/mol. The number of hydrogen-bond donors (Lipinski definition) is 1. The van der Waals surface area contributed by atoms with Gasteiger partial charge in [-0.05, 0) is 61.0 Å². The van der Waals surface area contributed by atoms with Crippen LogP contribution in [0.25, 0.3) is 22.7 Å². The number of benzene rings is 2. The van der Waals surface area contributed by atoms with Gasteiger partial charge in [0.1, 0.15) is 5.82 Å². The molecular weight excluding hydrogens is 325 g/mol. The van der Waals surface area contributed by atoms with Crippen LogP contribution in [0.5, 0.6) is 0 Å². The lowest BCUT2D eigenvalue weighted by Crippen LogP contribution is -2.26. The van der Waals surface area contributed by atoms with Crippen molar-refractivity contribution in [2.24, 2.45) is 0 Å². The number of rotatable bonds is 3. The number of halogens is 1. The van der Waals surface area contributed by atoms with E-state index < -0.39 is 0 Å². The summed E-state index contributed by atoms with van der Waals surface area (Å²) in [5, 5.41) is 4.55. The van der Waals surface area contributed by atoms with Crippen LogP contribution in [-0.2, 0) is 13.0 Å². The van der Waals surface area contributed by atoms with Crippen LogP contribution in [0.2, 0.25) is 0 Å². The third-order valence-corrected chi connectivity index (χ3v) is 5.29. The maximum absolute atomic E-state index is 13.2. The number of hydrogen-bond acceptors (Lipinski definition) is 2. The molecule has 3 nitrogen and oxygen atoms in total. The number of aromatic nitrogens is 1. The number of nitrogens with one attached hydrogen (secondary N) is 1. The fourth-order valence-electron chi connectivity index (χ4n) is 3.81. The van der Waals surface area contributed by atoms with Gasteiger partial charge in [-0.1, -0.05) is 12.1 Å². The Hall–Kier alpha value is -2.59. The number of anilines is 1. The normalized spacial score (nSPS) is 15.3. The van der Waals surface area contributed by atoms with E-state index >= 15 is 0 Å². The molecule has 1 N–H and O–H groups in total. The van der Waals surface area contributed by atoms with Crippen LogP contribution in [-0.4, -0.2) is 30.1 Å². The van der Waals surface area contributed by atoms with Crippen molar-refractivity contribution in [1.82, 2.24) is 9.47 Å². The zero-order valence-electron chi connectivity index (χ0n) is 15.5. The third-order valence-electron chi connectivity index (χ3n) is 5.29. The highest BCUT2D eigenvalue weighted by molar-refractivity contribution is 5.92. The van der Waals surface area contributed by atoms with Gasteiger partial charge in [0.15, 0.2) is 0 Å². The molecule has 0 fully saturated rings. The average Bonchev–Trinajstić information content (AvgIpc) is 2.94. The Labute approximate surface area is 153 Å². The van der Waals surface area contributed by atoms with E-state index in [1.807, 2.05) is 19.2 Å². The second-order valence-electron chi connectivity index (χ2n) is 7.08. The smallest absolute Gasteiger partial charge is 0.123 e. The lowest BCUT2D eigenvalue weighted by atomic mass is 10.0. The third kappa shape index (κ3) is 2.90. The molecule has 1 aliphatic rings. The lowest BCUT2D eigenvalue weighted by molar-refractivity contribution is 0.312. The molecule has 0 spiro atoms. The van der Waals surface area contributed by atoms with Gasteiger partial charge in [0.05, 0.1) is 5.52 Å². The molecule has 1 aliphatic heterocycles. The Morgan fingerprint density at radius 3 is 2.65 bits per heavy atom. The van der Waals surface area contributed by atoms with Crippen LogP contribution in [0, 0.1) is 5.82 Å². The van der Waals surface area contributed by atoms with Gasteiger partial charge in [0.2, 0.25) is 0 Å². The molecule has 2 aromatic carbocycles. The molecule has 26 heavy (non-hydrogen) atoms. The first-order chi connectivity index (χ1) is 12.6. The molecule has 0 atom stereocenters. The lowest BCUT2D eigenvalue weighted by Gasteiger charge is -2.23. The van der Waals surface area contributed by atoms with Crippen molar-refractivity contribution in [2.45, 2.75) is 19.9 Å². The second-order valence-corrected chi connectivity index (χ2v) is 7.08. The molecule has 0 amide bonds. The zero-order valence-corrected chi connectivity index (χ0v) is 15.5. The molecule has 2 heterocycles. The topological polar surface area (TPSA) is 20.2 Å². The largest absolute Gasteiger partial charge is 0.388 e. The minimum atomic E-state index is -0.201. The van der Waals surface area contributed by atoms with Gasteiger partial charge in [0.25, 0.3) is 0 Å². The Bertz CT molecular complexity index is 983. The molecule has 0 aliphatic carbocycles. The van der Waals surface area contributed by atoms with Crippen LogP contribution in [0.4, 0.5) is 10.1 Å². The van der Waals surface area contributed by atoms with Crippen molar-refractivity contribution in [3.8, 4) is 0 Å². The molecule has 0 radical (unpaired) electrons. The minimum absolute atomic E-state index is 0.201. The highest BCUT2D eigenvalue weighted by Crippen LogP contribution is 2.33. The van der Waals surface area contributed by atoms with Gasteiger partial charge >= 0.3 is 0 Å². The van der Waals surface area contributed by atoms with Gasteiger partial charge in [0, 0.05) is 49.5 Å². The predicted octanol–water partition coefficient (Wildman–Crippen LogP) is 4.83. The van der Waals surface area contributed by atoms with Crippen LogP contribution in [0.1, 0.15) is 23.7 Å². The van der Waals surface area contributed by atoms with E-state index in [2.05, 4.69) is 53.2 Å². The van der Waals surface area contributed by atoms with E-state index in [9.17, 15) is 4.39 Å². The highest BCUT2D eigenvalue weighted by Gasteiger charge is 2.22. The molecule has 0 unspecified atom stereocenters. The molecular formula is C22H24FN3. The van der Waals surface area contributed by atoms with Crippen molar-refractivity contribution in [2.75, 3.05) is 26.0 Å². The predicted molar refractivity (Wildman–Crippen MR) is 108 cm³/mol. The summed E-state index contributed by atoms with van der Waals surface area (Å²) in [5.74, 6) is -0.201. The minimum Gasteiger partial charge on any atom is -0.388 e. The van der Waals surface area contributed by atoms with E-state index in [0.717, 1.165) is 36.3 Å². The number of nitrogens with zero attached hydrogens (tertiary/aromatic N) is 2. The molecule has 0 saturated carbocycles. The van der Waals surface area contributed by atoms with Gasteiger partial charge in [-0.25, -0.2) is 4.39 Å². The summed E-state index contributed by atoms with van der Waals surface area (Å²) < 4.78 is 15.6. The summed E-state index contributed by atoms with van der Waals surface area (Å²) in [5.41, 5.74) is 7.32. The van der Waals surface area contributed by atoms with E-state index in [1.54, 1.807) is 0 Å². The Balaban J connectivity index is 1.89. The van der Waals surface area contributed by atoms with Crippen LogP contribution in [0.15, 0.2) is 42.5 Å². The van der Waals surface area contributed by atoms with E-state index in [4.69, 9.17) is 0 Å². The second kappa shape index (κ2) is 6.61. The standard InChI is InChI=1S/C22H24FN3/c1-15(16-4-6-17(23)7-5-16)13-26-21-9-8-18(24-2)12-19(21)20-14-25(3)11-10-22(20)26/h4-9,12-13,24H,10-11,14H2,1-3H3/b15-13-. The first kappa shape index (κ1) is 16.9. The van der Waals surface area contributed by atoms with Crippen molar-refractivity contribution in [3.63, 3.8) is 0 Å². The Kier molecular flexibility index (Phi) is 4.29. The van der Waals surface area contributed by atoms with Gasteiger partial charge in [-0.3, -0.25) is 0 Å². The fraction of sp³-hybridized carbons (Fsp3) is 0.273. The first-order valence-corrected chi connectivity index (χ1v) is 9.03. The molecule has 4 heteroatoms. The maximum Gasteiger partial charge on any atom is 0.123 e. The van der Waals surface area contributed by atoms with E-state index in [0.29, 0.717) is 0 Å². The van der Waals surface area contributed by atoms with Crippen LogP contribution in [0.3, 0.4) is 0 Å². The maximum atomic E-state index is 13.2. The van der Waals surface area contributed by atoms with Crippen LogP contribution >= 0.6 is 0 Å². The SMILES string of the molecule is CNc1ccc2c(c1)c1c(n2/C=C(/C)c2ccc(F)cc2)CCN(C)C1. The summed E-state index contributed by atoms with van der Waals surface area (Å²) in [4.78, 5) is 2.37. The van der Waals surface area contributed by atoms with E-state index in [1.165, 1.54) is 34.3 Å². The summed E-state index contributed by atoms with van der Waals surface area (Å²) in [6, 6.07) is 13.3. The van der Waals surface area contributed by atoms with Gasteiger partial charge in [-0.15, -0.1) is 0 Å². The quantitative estimate of drug-likeness (QED) is 0.731. The fourth-order valence-corrected chi connectivity index (χ4v) is 3.81. The number of fused-ring (bicyclic) bond motifs is 3. The molecule has 4 rings (SSSR count). The highest BCUT2D eigenvalue weighted by atomic mass is 19.1. The van der Waals surface area contributed by atoms with Crippen LogP contribution < -0.4 is 5.32 Å². The zero-order chi connectivity index (χ0) is 18.3. The van der Waals surface area contributed by atoms with Crippen molar-refractivity contribution < 1.29 is 4.39 Å². The molecule has 134 valence electrons. The molecule has 1 aromatic heterocycles. The van der Waals surface area contributed by atoms with Gasteiger partial charge < -0.3 is 14.8 Å². The van der Waals surface area contributed by atoms with Gasteiger partial charge in [-0.2, -0.15) is 0 Å². The summed E-state index contributed by atoms with van der Waals surface area (Å²) >= 11 is 0. The summed E-state index contributed by atoms with van der Waals surface area (Å²) in [7, 11) is 4.13.